The highest BCUT2D eigenvalue weighted by Crippen LogP contribution is 2.45. The summed E-state index contributed by atoms with van der Waals surface area (Å²) in [5.74, 6) is 2.45. The summed E-state index contributed by atoms with van der Waals surface area (Å²) >= 11 is 0. The fraction of sp³-hybridized carbons (Fsp3) is 0.333. The van der Waals surface area contributed by atoms with Crippen molar-refractivity contribution in [2.45, 2.75) is 31.8 Å². The van der Waals surface area contributed by atoms with E-state index in [9.17, 15) is 0 Å². The monoisotopic (exact) mass is 361 g/mol. The second kappa shape index (κ2) is 7.61. The van der Waals surface area contributed by atoms with Gasteiger partial charge in [0.15, 0.2) is 0 Å². The zero-order valence-corrected chi connectivity index (χ0v) is 16.3. The standard InChI is InChI=1S/C24H27NO2/c1-4-25(23-15-22(23)17-8-6-5-7-9-17)16-18-10-13-24(27-3)20-12-11-19(26-2)14-21(18)20/h5-14,22-23H,4,15-16H2,1-3H3. The molecule has 0 amide bonds. The molecule has 0 aliphatic heterocycles. The molecule has 4 rings (SSSR count). The van der Waals surface area contributed by atoms with Gasteiger partial charge in [0, 0.05) is 23.9 Å². The maximum absolute atomic E-state index is 5.57. The lowest BCUT2D eigenvalue weighted by Crippen LogP contribution is -2.26. The van der Waals surface area contributed by atoms with Crippen LogP contribution in [-0.4, -0.2) is 31.7 Å². The molecule has 0 aromatic heterocycles. The van der Waals surface area contributed by atoms with Crippen LogP contribution < -0.4 is 9.47 Å². The molecule has 2 atom stereocenters. The molecule has 3 aromatic rings. The van der Waals surface area contributed by atoms with E-state index in [1.54, 1.807) is 14.2 Å². The lowest BCUT2D eigenvalue weighted by atomic mass is 10.0. The first kappa shape index (κ1) is 17.9. The fourth-order valence-electron chi connectivity index (χ4n) is 4.13. The predicted molar refractivity (Wildman–Crippen MR) is 111 cm³/mol. The maximum Gasteiger partial charge on any atom is 0.126 e. The Kier molecular flexibility index (Phi) is 5.04. The Labute approximate surface area is 161 Å². The van der Waals surface area contributed by atoms with Crippen molar-refractivity contribution in [2.24, 2.45) is 0 Å². The minimum Gasteiger partial charge on any atom is -0.497 e. The molecule has 1 fully saturated rings. The Morgan fingerprint density at radius 1 is 0.926 bits per heavy atom. The molecule has 140 valence electrons. The third kappa shape index (κ3) is 3.52. The molecule has 0 radical (unpaired) electrons. The normalized spacial score (nSPS) is 18.7. The first-order chi connectivity index (χ1) is 13.2. The van der Waals surface area contributed by atoms with Crippen LogP contribution in [0.15, 0.2) is 60.7 Å². The molecular formula is C24H27NO2. The second-order valence-corrected chi connectivity index (χ2v) is 7.22. The van der Waals surface area contributed by atoms with Crippen molar-refractivity contribution in [1.29, 1.82) is 0 Å². The van der Waals surface area contributed by atoms with Gasteiger partial charge in [-0.2, -0.15) is 0 Å². The molecule has 1 aliphatic rings. The average Bonchev–Trinajstić information content (AvgIpc) is 3.52. The van der Waals surface area contributed by atoms with Crippen molar-refractivity contribution in [3.63, 3.8) is 0 Å². The molecule has 1 aliphatic carbocycles. The van der Waals surface area contributed by atoms with Crippen LogP contribution in [0.25, 0.3) is 10.8 Å². The maximum atomic E-state index is 5.57. The van der Waals surface area contributed by atoms with E-state index in [0.717, 1.165) is 30.0 Å². The first-order valence-corrected chi connectivity index (χ1v) is 9.67. The summed E-state index contributed by atoms with van der Waals surface area (Å²) in [6.45, 7) is 4.25. The molecular weight excluding hydrogens is 334 g/mol. The second-order valence-electron chi connectivity index (χ2n) is 7.22. The van der Waals surface area contributed by atoms with E-state index in [1.807, 2.05) is 6.07 Å². The molecule has 3 aromatic carbocycles. The summed E-state index contributed by atoms with van der Waals surface area (Å²) in [4.78, 5) is 2.60. The van der Waals surface area contributed by atoms with Crippen LogP contribution in [0.5, 0.6) is 11.5 Å². The molecule has 1 saturated carbocycles. The molecule has 2 unspecified atom stereocenters. The highest BCUT2D eigenvalue weighted by atomic mass is 16.5. The number of hydrogen-bond donors (Lipinski definition) is 0. The smallest absolute Gasteiger partial charge is 0.126 e. The highest BCUT2D eigenvalue weighted by molar-refractivity contribution is 5.92. The third-order valence-electron chi connectivity index (χ3n) is 5.73. The topological polar surface area (TPSA) is 21.7 Å². The number of fused-ring (bicyclic) bond motifs is 1. The lowest BCUT2D eigenvalue weighted by Gasteiger charge is -2.22. The van der Waals surface area contributed by atoms with Gasteiger partial charge in [-0.05, 0) is 53.7 Å². The average molecular weight is 361 g/mol. The van der Waals surface area contributed by atoms with Gasteiger partial charge >= 0.3 is 0 Å². The quantitative estimate of drug-likeness (QED) is 0.575. The van der Waals surface area contributed by atoms with Crippen molar-refractivity contribution >= 4 is 10.8 Å². The summed E-state index contributed by atoms with van der Waals surface area (Å²) in [6, 6.07) is 22.0. The van der Waals surface area contributed by atoms with Gasteiger partial charge in [-0.1, -0.05) is 43.3 Å². The minimum atomic E-state index is 0.625. The van der Waals surface area contributed by atoms with Crippen molar-refractivity contribution in [1.82, 2.24) is 4.90 Å². The van der Waals surface area contributed by atoms with Crippen molar-refractivity contribution < 1.29 is 9.47 Å². The number of rotatable bonds is 7. The van der Waals surface area contributed by atoms with Crippen LogP contribution in [0.2, 0.25) is 0 Å². The predicted octanol–water partition coefficient (Wildman–Crippen LogP) is 5.24. The van der Waals surface area contributed by atoms with Crippen LogP contribution in [0.1, 0.15) is 30.4 Å². The molecule has 0 spiro atoms. The first-order valence-electron chi connectivity index (χ1n) is 9.67. The van der Waals surface area contributed by atoms with E-state index in [-0.39, 0.29) is 0 Å². The van der Waals surface area contributed by atoms with Crippen LogP contribution in [-0.2, 0) is 6.54 Å². The lowest BCUT2D eigenvalue weighted by molar-refractivity contribution is 0.265. The van der Waals surface area contributed by atoms with E-state index in [4.69, 9.17) is 9.47 Å². The van der Waals surface area contributed by atoms with E-state index >= 15 is 0 Å². The summed E-state index contributed by atoms with van der Waals surface area (Å²) < 4.78 is 11.0. The van der Waals surface area contributed by atoms with Gasteiger partial charge < -0.3 is 9.47 Å². The molecule has 3 nitrogen and oxygen atoms in total. The number of nitrogens with zero attached hydrogens (tertiary/aromatic N) is 1. The Balaban J connectivity index is 1.62. The molecule has 0 bridgehead atoms. The number of hydrogen-bond acceptors (Lipinski definition) is 3. The van der Waals surface area contributed by atoms with Gasteiger partial charge in [-0.15, -0.1) is 0 Å². The van der Waals surface area contributed by atoms with Gasteiger partial charge in [0.1, 0.15) is 11.5 Å². The highest BCUT2D eigenvalue weighted by Gasteiger charge is 2.41. The summed E-state index contributed by atoms with van der Waals surface area (Å²) in [7, 11) is 3.44. The Hall–Kier alpha value is -2.52. The third-order valence-corrected chi connectivity index (χ3v) is 5.73. The molecule has 0 heterocycles. The Morgan fingerprint density at radius 3 is 2.44 bits per heavy atom. The van der Waals surface area contributed by atoms with Gasteiger partial charge in [-0.25, -0.2) is 0 Å². The van der Waals surface area contributed by atoms with E-state index in [0.29, 0.717) is 12.0 Å². The van der Waals surface area contributed by atoms with Gasteiger partial charge in [0.25, 0.3) is 0 Å². The van der Waals surface area contributed by atoms with Gasteiger partial charge in [-0.3, -0.25) is 4.90 Å². The SMILES string of the molecule is CCN(Cc1ccc(OC)c2ccc(OC)cc12)C1CC1c1ccccc1. The van der Waals surface area contributed by atoms with Crippen LogP contribution in [0.4, 0.5) is 0 Å². The van der Waals surface area contributed by atoms with Crippen molar-refractivity contribution in [3.05, 3.63) is 71.8 Å². The van der Waals surface area contributed by atoms with E-state index in [2.05, 4.69) is 66.4 Å². The van der Waals surface area contributed by atoms with Gasteiger partial charge in [0.05, 0.1) is 14.2 Å². The molecule has 0 saturated heterocycles. The van der Waals surface area contributed by atoms with Crippen molar-refractivity contribution in [2.75, 3.05) is 20.8 Å². The number of methoxy groups -OCH3 is 2. The summed E-state index contributed by atoms with van der Waals surface area (Å²) in [6.07, 6.45) is 1.25. The van der Waals surface area contributed by atoms with Crippen molar-refractivity contribution in [3.8, 4) is 11.5 Å². The summed E-state index contributed by atoms with van der Waals surface area (Å²) in [5, 5.41) is 2.35. The van der Waals surface area contributed by atoms with E-state index < -0.39 is 0 Å². The van der Waals surface area contributed by atoms with Crippen LogP contribution in [0, 0.1) is 0 Å². The zero-order valence-electron chi connectivity index (χ0n) is 16.3. The fourth-order valence-corrected chi connectivity index (χ4v) is 4.13. The number of likely N-dealkylation sites (N-methyl/N-ethyl adjacent to an activating group) is 1. The van der Waals surface area contributed by atoms with Crippen LogP contribution >= 0.6 is 0 Å². The minimum absolute atomic E-state index is 0.625. The summed E-state index contributed by atoms with van der Waals surface area (Å²) in [5.41, 5.74) is 2.78. The Bertz CT molecular complexity index is 922. The largest absolute Gasteiger partial charge is 0.497 e. The zero-order chi connectivity index (χ0) is 18.8. The Morgan fingerprint density at radius 2 is 1.74 bits per heavy atom. The molecule has 0 N–H and O–H groups in total. The van der Waals surface area contributed by atoms with Crippen LogP contribution in [0.3, 0.4) is 0 Å². The van der Waals surface area contributed by atoms with Gasteiger partial charge in [0.2, 0.25) is 0 Å². The molecule has 27 heavy (non-hydrogen) atoms. The van der Waals surface area contributed by atoms with E-state index in [1.165, 1.54) is 22.9 Å². The number of ether oxygens (including phenoxy) is 2. The number of benzene rings is 3. The molecule has 3 heteroatoms.